The average Bonchev–Trinajstić information content (AvgIpc) is 2.68. The van der Waals surface area contributed by atoms with Crippen molar-refractivity contribution in [1.82, 2.24) is 10.2 Å². The summed E-state index contributed by atoms with van der Waals surface area (Å²) in [5.41, 5.74) is 3.15. The summed E-state index contributed by atoms with van der Waals surface area (Å²) in [6.45, 7) is 6.62. The summed E-state index contributed by atoms with van der Waals surface area (Å²) in [4.78, 5) is 27.0. The number of halogens is 1. The predicted octanol–water partition coefficient (Wildman–Crippen LogP) is 4.44. The zero-order valence-electron chi connectivity index (χ0n) is 16.6. The van der Waals surface area contributed by atoms with Gasteiger partial charge in [-0.25, -0.2) is 0 Å². The molecule has 0 aromatic heterocycles. The van der Waals surface area contributed by atoms with Gasteiger partial charge >= 0.3 is 0 Å². The van der Waals surface area contributed by atoms with Crippen molar-refractivity contribution in [2.75, 3.05) is 12.3 Å². The monoisotopic (exact) mass is 418 g/mol. The second kappa shape index (κ2) is 11.1. The van der Waals surface area contributed by atoms with Gasteiger partial charge in [0.15, 0.2) is 0 Å². The lowest BCUT2D eigenvalue weighted by molar-refractivity contribution is -0.138. The van der Waals surface area contributed by atoms with Crippen LogP contribution in [0.15, 0.2) is 48.5 Å². The highest BCUT2D eigenvalue weighted by Crippen LogP contribution is 2.22. The lowest BCUT2D eigenvalue weighted by Crippen LogP contribution is -2.48. The molecule has 0 saturated carbocycles. The molecule has 6 heteroatoms. The largest absolute Gasteiger partial charge is 0.355 e. The second-order valence-corrected chi connectivity index (χ2v) is 8.00. The Morgan fingerprint density at radius 3 is 2.39 bits per heavy atom. The number of rotatable bonds is 9. The third-order valence-corrected chi connectivity index (χ3v) is 5.90. The number of carbonyl (C=O) groups is 2. The maximum Gasteiger partial charge on any atom is 0.242 e. The predicted molar refractivity (Wildman–Crippen MR) is 117 cm³/mol. The molecule has 2 rings (SSSR count). The fourth-order valence-electron chi connectivity index (χ4n) is 2.82. The molecule has 0 aliphatic heterocycles. The van der Waals surface area contributed by atoms with E-state index in [4.69, 9.17) is 11.6 Å². The fraction of sp³-hybridized carbons (Fsp3) is 0.364. The normalized spacial score (nSPS) is 11.7. The van der Waals surface area contributed by atoms with Gasteiger partial charge in [0, 0.05) is 23.9 Å². The zero-order valence-corrected chi connectivity index (χ0v) is 18.1. The third kappa shape index (κ3) is 6.28. The molecule has 2 aromatic rings. The van der Waals surface area contributed by atoms with Gasteiger partial charge in [0.1, 0.15) is 6.04 Å². The van der Waals surface area contributed by atoms with Gasteiger partial charge in [-0.1, -0.05) is 54.1 Å². The highest BCUT2D eigenvalue weighted by Gasteiger charge is 2.26. The lowest BCUT2D eigenvalue weighted by atomic mass is 10.1. The molecule has 2 aromatic carbocycles. The quantitative estimate of drug-likeness (QED) is 0.655. The van der Waals surface area contributed by atoms with Crippen molar-refractivity contribution >= 4 is 35.2 Å². The Morgan fingerprint density at radius 2 is 1.75 bits per heavy atom. The zero-order chi connectivity index (χ0) is 20.5. The second-order valence-electron chi connectivity index (χ2n) is 6.60. The molecule has 4 nitrogen and oxygen atoms in total. The molecule has 0 aliphatic carbocycles. The summed E-state index contributed by atoms with van der Waals surface area (Å²) in [5, 5.41) is 3.52. The Hall–Kier alpha value is -1.98. The van der Waals surface area contributed by atoms with Gasteiger partial charge < -0.3 is 10.2 Å². The molecule has 0 aliphatic rings. The number of likely N-dealkylation sites (N-methyl/N-ethyl adjacent to an activating group) is 1. The highest BCUT2D eigenvalue weighted by molar-refractivity contribution is 7.99. The Morgan fingerprint density at radius 1 is 1.11 bits per heavy atom. The topological polar surface area (TPSA) is 49.4 Å². The van der Waals surface area contributed by atoms with Crippen molar-refractivity contribution in [2.45, 2.75) is 39.1 Å². The lowest BCUT2D eigenvalue weighted by Gasteiger charge is -2.29. The third-order valence-electron chi connectivity index (χ3n) is 4.56. The van der Waals surface area contributed by atoms with Crippen LogP contribution in [-0.4, -0.2) is 35.1 Å². The minimum atomic E-state index is -0.534. The van der Waals surface area contributed by atoms with Crippen LogP contribution in [0.1, 0.15) is 30.5 Å². The standard InChI is InChI=1S/C22H27ClN2O2S/c1-4-24-22(27)17(3)25(13-18-10-6-5-9-16(18)2)21(26)15-28-14-19-11-7-8-12-20(19)23/h5-12,17H,4,13-15H2,1-3H3,(H,24,27)/t17-/m1/s1. The van der Waals surface area contributed by atoms with Gasteiger partial charge in [-0.05, 0) is 43.5 Å². The van der Waals surface area contributed by atoms with Gasteiger partial charge in [0.05, 0.1) is 5.75 Å². The minimum Gasteiger partial charge on any atom is -0.355 e. The van der Waals surface area contributed by atoms with E-state index in [-0.39, 0.29) is 11.8 Å². The molecule has 1 atom stereocenters. The van der Waals surface area contributed by atoms with Gasteiger partial charge in [-0.2, -0.15) is 0 Å². The van der Waals surface area contributed by atoms with Crippen LogP contribution in [0.5, 0.6) is 0 Å². The molecule has 0 saturated heterocycles. The Balaban J connectivity index is 2.08. The van der Waals surface area contributed by atoms with Crippen LogP contribution in [0.25, 0.3) is 0 Å². The first-order chi connectivity index (χ1) is 13.4. The number of hydrogen-bond acceptors (Lipinski definition) is 3. The first-order valence-electron chi connectivity index (χ1n) is 9.36. The molecule has 1 N–H and O–H groups in total. The summed E-state index contributed by atoms with van der Waals surface area (Å²) in [6.07, 6.45) is 0. The van der Waals surface area contributed by atoms with Crippen molar-refractivity contribution in [3.8, 4) is 0 Å². The molecule has 2 amide bonds. The van der Waals surface area contributed by atoms with Crippen molar-refractivity contribution < 1.29 is 9.59 Å². The Labute approximate surface area is 176 Å². The van der Waals surface area contributed by atoms with Crippen LogP contribution in [0.4, 0.5) is 0 Å². The summed E-state index contributed by atoms with van der Waals surface area (Å²) in [6, 6.07) is 15.0. The number of nitrogens with one attached hydrogen (secondary N) is 1. The smallest absolute Gasteiger partial charge is 0.242 e. The molecule has 0 fully saturated rings. The number of nitrogens with zero attached hydrogens (tertiary/aromatic N) is 1. The van der Waals surface area contributed by atoms with Crippen LogP contribution in [0, 0.1) is 6.92 Å². The number of benzene rings is 2. The van der Waals surface area contributed by atoms with E-state index in [2.05, 4.69) is 5.32 Å². The Kier molecular flexibility index (Phi) is 8.87. The van der Waals surface area contributed by atoms with E-state index in [1.165, 1.54) is 11.8 Å². The number of carbonyl (C=O) groups excluding carboxylic acids is 2. The maximum atomic E-state index is 13.0. The van der Waals surface area contributed by atoms with E-state index in [0.717, 1.165) is 16.7 Å². The van der Waals surface area contributed by atoms with E-state index >= 15 is 0 Å². The van der Waals surface area contributed by atoms with Gasteiger partial charge in [0.25, 0.3) is 0 Å². The van der Waals surface area contributed by atoms with Crippen LogP contribution >= 0.6 is 23.4 Å². The molecule has 0 unspecified atom stereocenters. The highest BCUT2D eigenvalue weighted by atomic mass is 35.5. The van der Waals surface area contributed by atoms with Crippen LogP contribution < -0.4 is 5.32 Å². The molecule has 0 radical (unpaired) electrons. The summed E-state index contributed by atoms with van der Waals surface area (Å²) in [7, 11) is 0. The SMILES string of the molecule is CCNC(=O)[C@@H](C)N(Cc1ccccc1C)C(=O)CSCc1ccccc1Cl. The first-order valence-corrected chi connectivity index (χ1v) is 10.9. The number of hydrogen-bond donors (Lipinski definition) is 1. The molecular weight excluding hydrogens is 392 g/mol. The van der Waals surface area contributed by atoms with Gasteiger partial charge in [-0.15, -0.1) is 11.8 Å². The summed E-state index contributed by atoms with van der Waals surface area (Å²) < 4.78 is 0. The van der Waals surface area contributed by atoms with Crippen LogP contribution in [0.3, 0.4) is 0 Å². The fourth-order valence-corrected chi connectivity index (χ4v) is 4.02. The number of aryl methyl sites for hydroxylation is 1. The van der Waals surface area contributed by atoms with Crippen LogP contribution in [0.2, 0.25) is 5.02 Å². The van der Waals surface area contributed by atoms with Crippen molar-refractivity contribution in [2.24, 2.45) is 0 Å². The Bertz CT molecular complexity index is 813. The summed E-state index contributed by atoms with van der Waals surface area (Å²) in [5.74, 6) is 0.750. The molecule has 0 spiro atoms. The van der Waals surface area contributed by atoms with E-state index < -0.39 is 6.04 Å². The van der Waals surface area contributed by atoms with Crippen LogP contribution in [-0.2, 0) is 21.9 Å². The molecule has 0 bridgehead atoms. The van der Waals surface area contributed by atoms with Crippen molar-refractivity contribution in [1.29, 1.82) is 0 Å². The summed E-state index contributed by atoms with van der Waals surface area (Å²) >= 11 is 7.70. The first kappa shape index (κ1) is 22.3. The molecular formula is C22H27ClN2O2S. The molecule has 150 valence electrons. The number of thioether (sulfide) groups is 1. The van der Waals surface area contributed by atoms with Crippen molar-refractivity contribution in [3.63, 3.8) is 0 Å². The van der Waals surface area contributed by atoms with E-state index in [1.54, 1.807) is 11.8 Å². The number of amides is 2. The van der Waals surface area contributed by atoms with E-state index in [1.807, 2.05) is 62.4 Å². The van der Waals surface area contributed by atoms with Crippen molar-refractivity contribution in [3.05, 3.63) is 70.2 Å². The maximum absolute atomic E-state index is 13.0. The van der Waals surface area contributed by atoms with E-state index in [0.29, 0.717) is 29.6 Å². The van der Waals surface area contributed by atoms with E-state index in [9.17, 15) is 9.59 Å². The van der Waals surface area contributed by atoms with Gasteiger partial charge in [-0.3, -0.25) is 9.59 Å². The van der Waals surface area contributed by atoms with Gasteiger partial charge in [0.2, 0.25) is 11.8 Å². The molecule has 0 heterocycles. The average molecular weight is 419 g/mol. The molecule has 28 heavy (non-hydrogen) atoms. The minimum absolute atomic E-state index is 0.0564.